The van der Waals surface area contributed by atoms with E-state index < -0.39 is 23.3 Å². The molecule has 10 nitrogen and oxygen atoms in total. The monoisotopic (exact) mass is 884 g/mol. The molecular weight excluding hydrogens is 837 g/mol. The number of benzene rings is 4. The summed E-state index contributed by atoms with van der Waals surface area (Å²) in [6.07, 6.45) is 3.34. The third-order valence-corrected chi connectivity index (χ3v) is 11.0. The lowest BCUT2D eigenvalue weighted by Gasteiger charge is -2.15. The van der Waals surface area contributed by atoms with Crippen LogP contribution in [0.25, 0.3) is 21.8 Å². The fourth-order valence-electron chi connectivity index (χ4n) is 8.04. The van der Waals surface area contributed by atoms with Gasteiger partial charge in [0.1, 0.15) is 0 Å². The number of nitrogens with zero attached hydrogens (tertiary/aromatic N) is 3. The Balaban J connectivity index is 0.000000194. The van der Waals surface area contributed by atoms with Gasteiger partial charge in [0.05, 0.1) is 35.5 Å². The van der Waals surface area contributed by atoms with E-state index in [1.807, 2.05) is 92.9 Å². The Bertz CT molecular complexity index is 3050. The van der Waals surface area contributed by atoms with Gasteiger partial charge in [-0.15, -0.1) is 0 Å². The molecule has 0 aliphatic heterocycles. The third kappa shape index (κ3) is 10.2. The van der Waals surface area contributed by atoms with E-state index in [2.05, 4.69) is 25.2 Å². The first-order valence-corrected chi connectivity index (χ1v) is 21.1. The maximum Gasteiger partial charge on any atom is 0.254 e. The lowest BCUT2D eigenvalue weighted by Crippen LogP contribution is -2.24. The Morgan fingerprint density at radius 3 is 1.52 bits per heavy atom. The quantitative estimate of drug-likeness (QED) is 0.0996. The Morgan fingerprint density at radius 2 is 1.08 bits per heavy atom. The lowest BCUT2D eigenvalue weighted by molar-refractivity contribution is 0.0942. The topological polar surface area (TPSA) is 123 Å². The van der Waals surface area contributed by atoms with Crippen LogP contribution in [0.4, 0.5) is 17.6 Å². The number of pyridine rings is 2. The van der Waals surface area contributed by atoms with Gasteiger partial charge in [-0.25, -0.2) is 22.5 Å². The minimum absolute atomic E-state index is 0.00905. The molecule has 0 aliphatic carbocycles. The van der Waals surface area contributed by atoms with Gasteiger partial charge in [0.25, 0.3) is 11.8 Å². The number of H-pyrrole nitrogens is 1. The fraction of sp³-hybridized carbons (Fsp3) is 0.216. The van der Waals surface area contributed by atoms with Crippen molar-refractivity contribution >= 4 is 33.6 Å². The van der Waals surface area contributed by atoms with E-state index in [-0.39, 0.29) is 42.3 Å². The van der Waals surface area contributed by atoms with Crippen LogP contribution in [0.1, 0.15) is 93.9 Å². The average molecular weight is 885 g/mol. The first kappa shape index (κ1) is 45.5. The van der Waals surface area contributed by atoms with Gasteiger partial charge in [0.2, 0.25) is 11.4 Å². The Labute approximate surface area is 372 Å². The molecule has 0 radical (unpaired) electrons. The van der Waals surface area contributed by atoms with Crippen LogP contribution in [-0.2, 0) is 26.2 Å². The van der Waals surface area contributed by atoms with E-state index in [1.165, 1.54) is 25.3 Å². The molecule has 8 aromatic rings. The molecule has 8 rings (SSSR count). The summed E-state index contributed by atoms with van der Waals surface area (Å²) in [7, 11) is 1.53. The van der Waals surface area contributed by atoms with Gasteiger partial charge in [-0.1, -0.05) is 100 Å². The third-order valence-electron chi connectivity index (χ3n) is 11.0. The largest absolute Gasteiger partial charge is 0.481 e. The molecule has 65 heavy (non-hydrogen) atoms. The van der Waals surface area contributed by atoms with Gasteiger partial charge in [-0.2, -0.15) is 0 Å². The molecule has 0 saturated carbocycles. The first-order valence-electron chi connectivity index (χ1n) is 21.1. The van der Waals surface area contributed by atoms with Crippen molar-refractivity contribution in [1.29, 1.82) is 0 Å². The normalized spacial score (nSPS) is 11.2. The van der Waals surface area contributed by atoms with Crippen LogP contribution in [0.5, 0.6) is 5.88 Å². The van der Waals surface area contributed by atoms with Crippen molar-refractivity contribution in [2.75, 3.05) is 7.11 Å². The van der Waals surface area contributed by atoms with E-state index in [9.17, 15) is 31.9 Å². The maximum absolute atomic E-state index is 13.6. The summed E-state index contributed by atoms with van der Waals surface area (Å²) in [6.45, 7) is 9.26. The molecule has 0 aliphatic rings. The molecule has 0 unspecified atom stereocenters. The van der Waals surface area contributed by atoms with Crippen molar-refractivity contribution in [2.24, 2.45) is 0 Å². The minimum atomic E-state index is -0.967. The van der Waals surface area contributed by atoms with Crippen LogP contribution >= 0.6 is 0 Å². The molecule has 4 heterocycles. The van der Waals surface area contributed by atoms with Gasteiger partial charge < -0.3 is 29.5 Å². The zero-order valence-electron chi connectivity index (χ0n) is 36.5. The van der Waals surface area contributed by atoms with E-state index in [0.29, 0.717) is 46.6 Å². The van der Waals surface area contributed by atoms with Gasteiger partial charge in [-0.3, -0.25) is 14.4 Å². The number of amides is 2. The van der Waals surface area contributed by atoms with Crippen LogP contribution in [0.3, 0.4) is 0 Å². The van der Waals surface area contributed by atoms with Crippen LogP contribution in [0.2, 0.25) is 0 Å². The molecule has 0 atom stereocenters. The molecule has 2 amide bonds. The lowest BCUT2D eigenvalue weighted by atomic mass is 10.0. The van der Waals surface area contributed by atoms with Crippen molar-refractivity contribution in [2.45, 2.75) is 65.7 Å². The van der Waals surface area contributed by atoms with Crippen LogP contribution in [-0.4, -0.2) is 38.0 Å². The molecular formula is C51H48F4N6O4. The smallest absolute Gasteiger partial charge is 0.254 e. The summed E-state index contributed by atoms with van der Waals surface area (Å²) in [5, 5.41) is 6.93. The number of hydrogen-bond acceptors (Lipinski definition) is 5. The first-order chi connectivity index (χ1) is 31.2. The van der Waals surface area contributed by atoms with Crippen molar-refractivity contribution in [3.8, 4) is 5.88 Å². The van der Waals surface area contributed by atoms with E-state index in [4.69, 9.17) is 4.74 Å². The number of methoxy groups -OCH3 is 1. The predicted octanol–water partition coefficient (Wildman–Crippen LogP) is 10.1. The standard InChI is InChI=1S/C26H25F2N3O2.C25H23F2N3O2/c1-16(2)25-24(26(32)30-13-18-9-10-20(27)21(28)11-18)19-12-23(33-3)29-14-22(19)31(25)15-17-7-5-4-6-8-17;1-15(2)24-23(25(32)29-12-17-8-9-19(26)20(27)10-17)18-11-22(31)28-13-21(18)30(24)14-16-6-4-3-5-7-16/h4-12,14,16H,13,15H2,1-3H3,(H,30,32);3-11,13,15H,12,14H2,1-2H3,(H,28,31)(H,29,32). The zero-order chi connectivity index (χ0) is 46.4. The molecule has 334 valence electrons. The SMILES string of the molecule is CC(C)c1c(C(=O)NCc2ccc(F)c(F)c2)c2cc(=O)[nH]cc2n1Cc1ccccc1.COc1cc2c(C(=O)NCc3ccc(F)c(F)c3)c(C(C)C)n(Cc3ccccc3)c2cn1. The summed E-state index contributed by atoms with van der Waals surface area (Å²) >= 11 is 0. The number of carbonyl (C=O) groups excluding carboxylic acids is 2. The highest BCUT2D eigenvalue weighted by atomic mass is 19.2. The van der Waals surface area contributed by atoms with Crippen LogP contribution in [0.15, 0.2) is 126 Å². The van der Waals surface area contributed by atoms with E-state index >= 15 is 0 Å². The van der Waals surface area contributed by atoms with Crippen LogP contribution in [0, 0.1) is 23.3 Å². The Morgan fingerprint density at radius 1 is 0.615 bits per heavy atom. The van der Waals surface area contributed by atoms with Crippen LogP contribution < -0.4 is 20.9 Å². The Hall–Kier alpha value is -7.48. The van der Waals surface area contributed by atoms with Gasteiger partial charge in [-0.05, 0) is 58.4 Å². The van der Waals surface area contributed by atoms with Gasteiger partial charge >= 0.3 is 0 Å². The molecule has 0 bridgehead atoms. The van der Waals surface area contributed by atoms with Crippen molar-refractivity contribution in [1.82, 2.24) is 29.7 Å². The number of aromatic nitrogens is 4. The van der Waals surface area contributed by atoms with Crippen molar-refractivity contribution in [3.63, 3.8) is 0 Å². The number of halogens is 4. The molecule has 0 fully saturated rings. The van der Waals surface area contributed by atoms with Gasteiger partial charge in [0, 0.05) is 66.7 Å². The maximum atomic E-state index is 13.6. The molecule has 0 saturated heterocycles. The number of ether oxygens (including phenoxy) is 1. The summed E-state index contributed by atoms with van der Waals surface area (Å²) < 4.78 is 63.0. The number of fused-ring (bicyclic) bond motifs is 2. The molecule has 3 N–H and O–H groups in total. The number of hydrogen-bond donors (Lipinski definition) is 3. The number of carbonyl (C=O) groups is 2. The summed E-state index contributed by atoms with van der Waals surface area (Å²) in [4.78, 5) is 45.8. The second-order valence-corrected chi connectivity index (χ2v) is 16.2. The summed E-state index contributed by atoms with van der Waals surface area (Å²) in [6, 6.07) is 30.1. The number of rotatable bonds is 13. The van der Waals surface area contributed by atoms with Crippen molar-refractivity contribution in [3.05, 3.63) is 200 Å². The molecule has 4 aromatic carbocycles. The van der Waals surface area contributed by atoms with Crippen molar-refractivity contribution < 1.29 is 31.9 Å². The second-order valence-electron chi connectivity index (χ2n) is 16.2. The predicted molar refractivity (Wildman–Crippen MR) is 243 cm³/mol. The van der Waals surface area contributed by atoms with E-state index in [1.54, 1.807) is 18.5 Å². The number of aromatic amines is 1. The zero-order valence-corrected chi connectivity index (χ0v) is 36.5. The highest BCUT2D eigenvalue weighted by Gasteiger charge is 2.27. The Kier molecular flexibility index (Phi) is 14.0. The number of nitrogens with one attached hydrogen (secondary N) is 3. The molecule has 4 aromatic heterocycles. The highest BCUT2D eigenvalue weighted by Crippen LogP contribution is 2.34. The summed E-state index contributed by atoms with van der Waals surface area (Å²) in [5.74, 6) is -4.01. The summed E-state index contributed by atoms with van der Waals surface area (Å²) in [5.41, 5.74) is 6.94. The highest BCUT2D eigenvalue weighted by molar-refractivity contribution is 6.09. The molecule has 0 spiro atoms. The second kappa shape index (κ2) is 19.9. The fourth-order valence-corrected chi connectivity index (χ4v) is 8.04. The van der Waals surface area contributed by atoms with E-state index in [0.717, 1.165) is 63.2 Å². The molecule has 14 heteroatoms. The minimum Gasteiger partial charge on any atom is -0.481 e. The van der Waals surface area contributed by atoms with Gasteiger partial charge in [0.15, 0.2) is 23.3 Å². The average Bonchev–Trinajstić information content (AvgIpc) is 3.79.